The topological polar surface area (TPSA) is 125 Å². The molecule has 0 radical (unpaired) electrons. The van der Waals surface area contributed by atoms with Gasteiger partial charge in [0.05, 0.1) is 12.2 Å². The number of carboxylic acids is 1. The van der Waals surface area contributed by atoms with Crippen LogP contribution in [0.15, 0.2) is 66.7 Å². The maximum atomic E-state index is 12.2. The van der Waals surface area contributed by atoms with Crippen molar-refractivity contribution in [3.8, 4) is 11.5 Å². The van der Waals surface area contributed by atoms with Gasteiger partial charge in [0.1, 0.15) is 11.5 Å². The summed E-state index contributed by atoms with van der Waals surface area (Å²) in [5.41, 5.74) is 14.9. The first-order valence-electron chi connectivity index (χ1n) is 12.5. The van der Waals surface area contributed by atoms with Crippen LogP contribution in [0, 0.1) is 0 Å². The van der Waals surface area contributed by atoms with Crippen LogP contribution in [0.4, 0.5) is 11.4 Å². The van der Waals surface area contributed by atoms with Gasteiger partial charge in [0.25, 0.3) is 0 Å². The molecular weight excluding hydrogens is 468 g/mol. The third-order valence-corrected chi connectivity index (χ3v) is 5.91. The summed E-state index contributed by atoms with van der Waals surface area (Å²) in [6.07, 6.45) is 9.29. The van der Waals surface area contributed by atoms with E-state index in [1.807, 2.05) is 36.4 Å². The van der Waals surface area contributed by atoms with Gasteiger partial charge in [0.15, 0.2) is 0 Å². The molecule has 0 heterocycles. The Morgan fingerprint density at radius 2 is 1.59 bits per heavy atom. The van der Waals surface area contributed by atoms with Crippen molar-refractivity contribution < 1.29 is 24.2 Å². The molecule has 0 saturated carbocycles. The van der Waals surface area contributed by atoms with Gasteiger partial charge in [-0.25, -0.2) is 9.59 Å². The molecule has 7 heteroatoms. The van der Waals surface area contributed by atoms with E-state index < -0.39 is 11.9 Å². The van der Waals surface area contributed by atoms with Crippen LogP contribution in [0.2, 0.25) is 0 Å². The minimum absolute atomic E-state index is 0.0758. The number of rotatable bonds is 13. The number of aryl methyl sites for hydroxylation is 1. The first-order chi connectivity index (χ1) is 17.9. The molecule has 37 heavy (non-hydrogen) atoms. The van der Waals surface area contributed by atoms with E-state index in [1.54, 1.807) is 24.3 Å². The molecule has 0 aliphatic heterocycles. The van der Waals surface area contributed by atoms with E-state index in [4.69, 9.17) is 20.9 Å². The molecule has 0 aromatic heterocycles. The Labute approximate surface area is 217 Å². The van der Waals surface area contributed by atoms with Gasteiger partial charge in [-0.3, -0.25) is 0 Å². The van der Waals surface area contributed by atoms with Crippen LogP contribution in [0.3, 0.4) is 0 Å². The van der Waals surface area contributed by atoms with Crippen LogP contribution in [0.5, 0.6) is 11.5 Å². The Balaban J connectivity index is 1.47. The molecule has 0 unspecified atom stereocenters. The number of ether oxygens (including phenoxy) is 2. The second-order valence-corrected chi connectivity index (χ2v) is 8.82. The van der Waals surface area contributed by atoms with Gasteiger partial charge in [0, 0.05) is 23.9 Å². The van der Waals surface area contributed by atoms with Crippen LogP contribution < -0.4 is 20.9 Å². The van der Waals surface area contributed by atoms with E-state index in [1.165, 1.54) is 43.4 Å². The van der Waals surface area contributed by atoms with Gasteiger partial charge in [-0.05, 0) is 72.0 Å². The fourth-order valence-electron chi connectivity index (χ4n) is 3.93. The summed E-state index contributed by atoms with van der Waals surface area (Å²) in [6, 6.07) is 17.8. The molecular formula is C30H34N2O5. The predicted molar refractivity (Wildman–Crippen MR) is 147 cm³/mol. The molecule has 0 atom stereocenters. The molecule has 3 aromatic carbocycles. The number of carbonyl (C=O) groups excluding carboxylic acids is 1. The Morgan fingerprint density at radius 1 is 0.892 bits per heavy atom. The fourth-order valence-corrected chi connectivity index (χ4v) is 3.93. The van der Waals surface area contributed by atoms with Crippen molar-refractivity contribution in [1.29, 1.82) is 0 Å². The summed E-state index contributed by atoms with van der Waals surface area (Å²) in [4.78, 5) is 23.7. The number of hydrogen-bond acceptors (Lipinski definition) is 6. The van der Waals surface area contributed by atoms with Gasteiger partial charge < -0.3 is 26.0 Å². The van der Waals surface area contributed by atoms with Crippen LogP contribution in [0.1, 0.15) is 59.7 Å². The van der Waals surface area contributed by atoms with E-state index >= 15 is 0 Å². The number of benzene rings is 3. The van der Waals surface area contributed by atoms with Crippen LogP contribution in [0.25, 0.3) is 6.08 Å². The second-order valence-electron chi connectivity index (χ2n) is 8.82. The number of carboxylic acid groups (broad SMARTS) is 1. The van der Waals surface area contributed by atoms with Crippen molar-refractivity contribution in [3.63, 3.8) is 0 Å². The Kier molecular flexibility index (Phi) is 10.1. The highest BCUT2D eigenvalue weighted by molar-refractivity contribution is 5.92. The van der Waals surface area contributed by atoms with Crippen molar-refractivity contribution >= 4 is 29.4 Å². The monoisotopic (exact) mass is 502 g/mol. The summed E-state index contributed by atoms with van der Waals surface area (Å²) >= 11 is 0. The molecule has 3 rings (SSSR count). The average molecular weight is 503 g/mol. The number of nitrogen functional groups attached to an aromatic ring is 2. The van der Waals surface area contributed by atoms with Crippen molar-refractivity contribution in [2.24, 2.45) is 0 Å². The van der Waals surface area contributed by atoms with Crippen LogP contribution in [-0.2, 0) is 17.6 Å². The lowest BCUT2D eigenvalue weighted by molar-refractivity contribution is -0.128. The third-order valence-electron chi connectivity index (χ3n) is 5.91. The smallest absolute Gasteiger partial charge is 0.336 e. The molecule has 0 saturated heterocycles. The first-order valence-corrected chi connectivity index (χ1v) is 12.5. The molecule has 7 nitrogen and oxygen atoms in total. The van der Waals surface area contributed by atoms with E-state index in [2.05, 4.69) is 6.92 Å². The van der Waals surface area contributed by atoms with Crippen molar-refractivity contribution in [2.45, 2.75) is 45.4 Å². The standard InChI is InChI=1S/C30H34N2O5/c1-2-3-4-5-6-21-9-14-25(15-10-21)37-29(33)16-11-22-7-12-24(13-8-22)36-18-17-26-27(30(34)35)19-23(31)20-28(26)32/h7-16,19-20H,2-6,17-18,31-32H2,1H3,(H,34,35)/b16-11+. The highest BCUT2D eigenvalue weighted by atomic mass is 16.5. The molecule has 0 fully saturated rings. The van der Waals surface area contributed by atoms with Crippen molar-refractivity contribution in [2.75, 3.05) is 18.1 Å². The summed E-state index contributed by atoms with van der Waals surface area (Å²) in [5, 5.41) is 9.40. The lowest BCUT2D eigenvalue weighted by Gasteiger charge is -2.12. The normalized spacial score (nSPS) is 10.9. The lowest BCUT2D eigenvalue weighted by atomic mass is 10.0. The molecule has 5 N–H and O–H groups in total. The molecule has 194 valence electrons. The number of aromatic carboxylic acids is 1. The number of hydrogen-bond donors (Lipinski definition) is 3. The summed E-state index contributed by atoms with van der Waals surface area (Å²) in [7, 11) is 0. The highest BCUT2D eigenvalue weighted by Crippen LogP contribution is 2.23. The zero-order valence-electron chi connectivity index (χ0n) is 21.1. The van der Waals surface area contributed by atoms with Crippen molar-refractivity contribution in [3.05, 3.63) is 89.0 Å². The maximum Gasteiger partial charge on any atom is 0.336 e. The minimum Gasteiger partial charge on any atom is -0.493 e. The van der Waals surface area contributed by atoms with Gasteiger partial charge in [-0.15, -0.1) is 0 Å². The quantitative estimate of drug-likeness (QED) is 0.0872. The molecule has 0 spiro atoms. The molecule has 0 amide bonds. The zero-order valence-corrected chi connectivity index (χ0v) is 21.1. The maximum absolute atomic E-state index is 12.2. The number of nitrogens with two attached hydrogens (primary N) is 2. The van der Waals surface area contributed by atoms with E-state index in [-0.39, 0.29) is 12.2 Å². The molecule has 3 aromatic rings. The molecule has 0 aliphatic rings. The number of carbonyl (C=O) groups is 2. The fraction of sp³-hybridized carbons (Fsp3) is 0.267. The number of anilines is 2. The Morgan fingerprint density at radius 3 is 2.27 bits per heavy atom. The summed E-state index contributed by atoms with van der Waals surface area (Å²) < 4.78 is 11.1. The summed E-state index contributed by atoms with van der Waals surface area (Å²) in [5.74, 6) is -0.409. The summed E-state index contributed by atoms with van der Waals surface area (Å²) in [6.45, 7) is 2.44. The van der Waals surface area contributed by atoms with Gasteiger partial charge >= 0.3 is 11.9 Å². The highest BCUT2D eigenvalue weighted by Gasteiger charge is 2.14. The van der Waals surface area contributed by atoms with E-state index in [9.17, 15) is 14.7 Å². The van der Waals surface area contributed by atoms with E-state index in [0.717, 1.165) is 12.0 Å². The first kappa shape index (κ1) is 27.3. The number of esters is 1. The number of unbranched alkanes of at least 4 members (excludes halogenated alkanes) is 3. The molecule has 0 bridgehead atoms. The van der Waals surface area contributed by atoms with Crippen LogP contribution in [-0.4, -0.2) is 23.7 Å². The zero-order chi connectivity index (χ0) is 26.6. The SMILES string of the molecule is CCCCCCc1ccc(OC(=O)/C=C/c2ccc(OCCc3c(N)cc(N)cc3C(=O)O)cc2)cc1. The second kappa shape index (κ2) is 13.7. The average Bonchev–Trinajstić information content (AvgIpc) is 2.88. The van der Waals surface area contributed by atoms with Crippen LogP contribution >= 0.6 is 0 Å². The van der Waals surface area contributed by atoms with E-state index in [0.29, 0.717) is 34.9 Å². The van der Waals surface area contributed by atoms with Crippen molar-refractivity contribution in [1.82, 2.24) is 0 Å². The Hall–Kier alpha value is -4.26. The minimum atomic E-state index is -1.08. The Bertz CT molecular complexity index is 1220. The lowest BCUT2D eigenvalue weighted by Crippen LogP contribution is -2.11. The molecule has 0 aliphatic carbocycles. The van der Waals surface area contributed by atoms with Gasteiger partial charge in [0.2, 0.25) is 0 Å². The largest absolute Gasteiger partial charge is 0.493 e. The third kappa shape index (κ3) is 8.72. The predicted octanol–water partition coefficient (Wildman–Crippen LogP) is 5.91. The van der Waals surface area contributed by atoms with Gasteiger partial charge in [-0.1, -0.05) is 50.5 Å². The van der Waals surface area contributed by atoms with Gasteiger partial charge in [-0.2, -0.15) is 0 Å².